The van der Waals surface area contributed by atoms with Gasteiger partial charge in [0.25, 0.3) is 5.91 Å². The number of carbonyl (C=O) groups is 1. The van der Waals surface area contributed by atoms with E-state index in [2.05, 4.69) is 75.9 Å². The van der Waals surface area contributed by atoms with Gasteiger partial charge in [0.05, 0.1) is 23.0 Å². The van der Waals surface area contributed by atoms with Crippen molar-refractivity contribution in [2.75, 3.05) is 38.5 Å². The predicted octanol–water partition coefficient (Wildman–Crippen LogP) is 4.56. The number of pyridine rings is 1. The lowest BCUT2D eigenvalue weighted by atomic mass is 10.1. The van der Waals surface area contributed by atoms with Crippen LogP contribution in [-0.4, -0.2) is 68.5 Å². The fourth-order valence-corrected chi connectivity index (χ4v) is 4.76. The Hall–Kier alpha value is -4.13. The summed E-state index contributed by atoms with van der Waals surface area (Å²) in [5.41, 5.74) is 5.43. The SMILES string of the molecule is Cc1cc(NC(=O)c2cnc(F)c(C#Cc3cnc4ccc(CCC(C)C)nn34)c2)ccc1CN1CCN(C)CC1. The molecule has 1 aliphatic rings. The van der Waals surface area contributed by atoms with Crippen LogP contribution < -0.4 is 5.32 Å². The van der Waals surface area contributed by atoms with Crippen LogP contribution in [0.4, 0.5) is 10.1 Å². The number of hydrogen-bond donors (Lipinski definition) is 1. The molecule has 4 heterocycles. The van der Waals surface area contributed by atoms with Crippen molar-refractivity contribution in [1.29, 1.82) is 0 Å². The highest BCUT2D eigenvalue weighted by Gasteiger charge is 2.16. The van der Waals surface area contributed by atoms with Gasteiger partial charge in [-0.3, -0.25) is 9.69 Å². The van der Waals surface area contributed by atoms with Gasteiger partial charge in [-0.15, -0.1) is 0 Å². The van der Waals surface area contributed by atoms with Gasteiger partial charge in [0.15, 0.2) is 5.65 Å². The first-order chi connectivity index (χ1) is 19.7. The van der Waals surface area contributed by atoms with Crippen LogP contribution in [0.25, 0.3) is 5.65 Å². The summed E-state index contributed by atoms with van der Waals surface area (Å²) in [5.74, 6) is 5.23. The van der Waals surface area contributed by atoms with E-state index in [0.717, 1.165) is 56.8 Å². The Kier molecular flexibility index (Phi) is 8.72. The number of aromatic nitrogens is 4. The molecule has 1 saturated heterocycles. The molecule has 0 atom stereocenters. The van der Waals surface area contributed by atoms with Gasteiger partial charge in [-0.25, -0.2) is 14.5 Å². The summed E-state index contributed by atoms with van der Waals surface area (Å²) in [5, 5.41) is 7.57. The minimum atomic E-state index is -0.738. The molecule has 3 aromatic heterocycles. The van der Waals surface area contributed by atoms with Crippen molar-refractivity contribution < 1.29 is 9.18 Å². The van der Waals surface area contributed by atoms with Crippen molar-refractivity contribution in [3.05, 3.63) is 88.4 Å². The Labute approximate surface area is 240 Å². The molecule has 8 nitrogen and oxygen atoms in total. The number of fused-ring (bicyclic) bond motifs is 1. The predicted molar refractivity (Wildman–Crippen MR) is 158 cm³/mol. The first-order valence-electron chi connectivity index (χ1n) is 14.1. The normalized spacial score (nSPS) is 14.3. The Balaban J connectivity index is 1.28. The maximum absolute atomic E-state index is 14.6. The average molecular weight is 554 g/mol. The lowest BCUT2D eigenvalue weighted by Crippen LogP contribution is -2.43. The number of likely N-dealkylation sites (N-methyl/N-ethyl adjacent to an activating group) is 1. The van der Waals surface area contributed by atoms with E-state index >= 15 is 0 Å². The third kappa shape index (κ3) is 7.15. The number of imidazole rings is 1. The zero-order chi connectivity index (χ0) is 28.9. The van der Waals surface area contributed by atoms with Crippen molar-refractivity contribution in [3.8, 4) is 11.8 Å². The highest BCUT2D eigenvalue weighted by atomic mass is 19.1. The van der Waals surface area contributed by atoms with Gasteiger partial charge < -0.3 is 10.2 Å². The molecule has 1 amide bonds. The highest BCUT2D eigenvalue weighted by Crippen LogP contribution is 2.19. The molecule has 41 heavy (non-hydrogen) atoms. The number of rotatable bonds is 7. The number of amides is 1. The standard InChI is InChI=1S/C32H36FN7O/c1-22(2)5-8-27-10-12-30-34-20-29(40(30)37-27)11-7-24-18-26(19-35-31(24)33)32(41)36-28-9-6-25(23(3)17-28)21-39-15-13-38(4)14-16-39/h6,9-10,12,17-20,22H,5,8,13-16,21H2,1-4H3,(H,36,41). The van der Waals surface area contributed by atoms with E-state index in [4.69, 9.17) is 0 Å². The zero-order valence-electron chi connectivity index (χ0n) is 24.1. The second-order valence-electron chi connectivity index (χ2n) is 11.2. The van der Waals surface area contributed by atoms with Gasteiger partial charge in [0.1, 0.15) is 5.69 Å². The molecule has 0 saturated carbocycles. The lowest BCUT2D eigenvalue weighted by Gasteiger charge is -2.32. The van der Waals surface area contributed by atoms with E-state index in [1.165, 1.54) is 17.8 Å². The molecule has 0 radical (unpaired) electrons. The number of hydrogen-bond acceptors (Lipinski definition) is 6. The van der Waals surface area contributed by atoms with Gasteiger partial charge in [-0.2, -0.15) is 9.49 Å². The minimum absolute atomic E-state index is 0.0299. The molecule has 0 bridgehead atoms. The second kappa shape index (κ2) is 12.6. The summed E-state index contributed by atoms with van der Waals surface area (Å²) >= 11 is 0. The minimum Gasteiger partial charge on any atom is -0.322 e. The number of nitrogens with zero attached hydrogens (tertiary/aromatic N) is 6. The number of benzene rings is 1. The number of halogens is 1. The van der Waals surface area contributed by atoms with Crippen molar-refractivity contribution in [3.63, 3.8) is 0 Å². The van der Waals surface area contributed by atoms with Crippen LogP contribution >= 0.6 is 0 Å². The Morgan fingerprint density at radius 1 is 1.05 bits per heavy atom. The smallest absolute Gasteiger partial charge is 0.257 e. The molecule has 1 fully saturated rings. The molecular formula is C32H36FN7O. The number of nitrogens with one attached hydrogen (secondary N) is 1. The highest BCUT2D eigenvalue weighted by molar-refractivity contribution is 6.04. The van der Waals surface area contributed by atoms with E-state index in [0.29, 0.717) is 22.9 Å². The monoisotopic (exact) mass is 553 g/mol. The average Bonchev–Trinajstić information content (AvgIpc) is 3.36. The molecule has 9 heteroatoms. The first kappa shape index (κ1) is 28.4. The zero-order valence-corrected chi connectivity index (χ0v) is 24.1. The van der Waals surface area contributed by atoms with Gasteiger partial charge in [-0.1, -0.05) is 25.8 Å². The third-order valence-corrected chi connectivity index (χ3v) is 7.41. The van der Waals surface area contributed by atoms with Crippen LogP contribution in [-0.2, 0) is 13.0 Å². The van der Waals surface area contributed by atoms with Crippen LogP contribution in [0.1, 0.15) is 58.7 Å². The Morgan fingerprint density at radius 3 is 2.61 bits per heavy atom. The summed E-state index contributed by atoms with van der Waals surface area (Å²) in [6.07, 6.45) is 4.72. The van der Waals surface area contributed by atoms with E-state index < -0.39 is 5.95 Å². The van der Waals surface area contributed by atoms with Crippen LogP contribution in [0.2, 0.25) is 0 Å². The summed E-state index contributed by atoms with van der Waals surface area (Å²) in [4.78, 5) is 25.9. The van der Waals surface area contributed by atoms with Gasteiger partial charge in [-0.05, 0) is 80.1 Å². The number of aryl methyl sites for hydroxylation is 2. The maximum atomic E-state index is 14.6. The van der Waals surface area contributed by atoms with Crippen LogP contribution in [0.5, 0.6) is 0 Å². The molecule has 4 aromatic rings. The van der Waals surface area contributed by atoms with Crippen molar-refractivity contribution in [2.24, 2.45) is 5.92 Å². The number of anilines is 1. The molecule has 5 rings (SSSR count). The van der Waals surface area contributed by atoms with Crippen molar-refractivity contribution in [2.45, 2.75) is 40.2 Å². The van der Waals surface area contributed by atoms with Crippen LogP contribution in [0.3, 0.4) is 0 Å². The molecule has 0 unspecified atom stereocenters. The molecule has 1 aromatic carbocycles. The van der Waals surface area contributed by atoms with E-state index in [9.17, 15) is 9.18 Å². The fraction of sp³-hybridized carbons (Fsp3) is 0.375. The van der Waals surface area contributed by atoms with Crippen LogP contribution in [0, 0.1) is 30.6 Å². The van der Waals surface area contributed by atoms with Crippen molar-refractivity contribution >= 4 is 17.2 Å². The fourth-order valence-electron chi connectivity index (χ4n) is 4.76. The van der Waals surface area contributed by atoms with Crippen molar-refractivity contribution in [1.82, 2.24) is 29.4 Å². The molecule has 1 N–H and O–H groups in total. The molecule has 0 aliphatic carbocycles. The second-order valence-corrected chi connectivity index (χ2v) is 11.2. The van der Waals surface area contributed by atoms with Gasteiger partial charge in [0, 0.05) is 44.6 Å². The van der Waals surface area contributed by atoms with E-state index in [1.807, 2.05) is 24.3 Å². The first-order valence-corrected chi connectivity index (χ1v) is 14.1. The maximum Gasteiger partial charge on any atom is 0.257 e. The molecule has 0 spiro atoms. The Bertz CT molecular complexity index is 1610. The summed E-state index contributed by atoms with van der Waals surface area (Å²) in [6.45, 7) is 11.5. The number of carbonyl (C=O) groups excluding carboxylic acids is 1. The Morgan fingerprint density at radius 2 is 1.85 bits per heavy atom. The largest absolute Gasteiger partial charge is 0.322 e. The number of piperazine rings is 1. The summed E-state index contributed by atoms with van der Waals surface area (Å²) in [7, 11) is 2.15. The summed E-state index contributed by atoms with van der Waals surface area (Å²) < 4.78 is 16.2. The quantitative estimate of drug-likeness (QED) is 0.267. The topological polar surface area (TPSA) is 78.7 Å². The summed E-state index contributed by atoms with van der Waals surface area (Å²) in [6, 6.07) is 11.2. The van der Waals surface area contributed by atoms with Gasteiger partial charge >= 0.3 is 0 Å². The molecular weight excluding hydrogens is 517 g/mol. The van der Waals surface area contributed by atoms with E-state index in [-0.39, 0.29) is 17.0 Å². The molecule has 1 aliphatic heterocycles. The third-order valence-electron chi connectivity index (χ3n) is 7.41. The lowest BCUT2D eigenvalue weighted by molar-refractivity contribution is 0.102. The molecule has 212 valence electrons. The van der Waals surface area contributed by atoms with Gasteiger partial charge in [0.2, 0.25) is 5.95 Å². The van der Waals surface area contributed by atoms with Crippen LogP contribution in [0.15, 0.2) is 48.8 Å². The van der Waals surface area contributed by atoms with E-state index in [1.54, 1.807) is 10.7 Å².